The molecule has 0 heterocycles. The molecule has 0 saturated carbocycles. The maximum Gasteiger partial charge on any atom is 0.306 e. The van der Waals surface area contributed by atoms with E-state index in [2.05, 4.69) is 40.7 Å². The van der Waals surface area contributed by atoms with Crippen molar-refractivity contribution in [3.63, 3.8) is 0 Å². The van der Waals surface area contributed by atoms with Gasteiger partial charge in [0.05, 0.1) is 24.2 Å². The van der Waals surface area contributed by atoms with Gasteiger partial charge in [0.15, 0.2) is 0 Å². The van der Waals surface area contributed by atoms with Gasteiger partial charge in [0.2, 0.25) is 0 Å². The van der Waals surface area contributed by atoms with Gasteiger partial charge in [0.1, 0.15) is 5.76 Å². The highest BCUT2D eigenvalue weighted by Gasteiger charge is 2.26. The first-order valence-corrected chi connectivity index (χ1v) is 14.7. The van der Waals surface area contributed by atoms with Gasteiger partial charge in [-0.05, 0) is 108 Å². The molecule has 0 amide bonds. The Kier molecular flexibility index (Phi) is 15.4. The second-order valence-corrected chi connectivity index (χ2v) is 11.9. The van der Waals surface area contributed by atoms with E-state index in [9.17, 15) is 15.0 Å². The van der Waals surface area contributed by atoms with E-state index in [0.717, 1.165) is 63.7 Å². The van der Waals surface area contributed by atoms with E-state index in [-0.39, 0.29) is 11.8 Å². The smallest absolute Gasteiger partial charge is 0.306 e. The van der Waals surface area contributed by atoms with Crippen LogP contribution >= 0.6 is 0 Å². The monoisotopic (exact) mass is 520 g/mol. The fraction of sp³-hybridized carbons (Fsp3) is 0.781. The van der Waals surface area contributed by atoms with Crippen LogP contribution < -0.4 is 0 Å². The van der Waals surface area contributed by atoms with Crippen molar-refractivity contribution in [1.29, 1.82) is 0 Å². The first kappa shape index (κ1) is 33.4. The number of rotatable bonds is 19. The van der Waals surface area contributed by atoms with Crippen LogP contribution in [0.25, 0.3) is 0 Å². The summed E-state index contributed by atoms with van der Waals surface area (Å²) in [6.07, 6.45) is 15.0. The van der Waals surface area contributed by atoms with Crippen LogP contribution in [-0.2, 0) is 9.53 Å². The molecule has 1 aliphatic rings. The molecule has 0 fully saturated rings. The number of carboxylic acid groups (broad SMARTS) is 1. The molecular formula is C32H56O5. The molecule has 5 atom stereocenters. The van der Waals surface area contributed by atoms with E-state index in [4.69, 9.17) is 9.84 Å². The molecule has 0 spiro atoms. The number of hydrogen-bond donors (Lipinski definition) is 3. The number of carboxylic acids is 1. The van der Waals surface area contributed by atoms with E-state index in [1.54, 1.807) is 6.92 Å². The zero-order valence-electron chi connectivity index (χ0n) is 24.8. The third-order valence-electron chi connectivity index (χ3n) is 8.09. The van der Waals surface area contributed by atoms with E-state index in [1.165, 1.54) is 23.1 Å². The lowest BCUT2D eigenvalue weighted by molar-refractivity contribution is -0.141. The summed E-state index contributed by atoms with van der Waals surface area (Å²) in [5.74, 6) is 0.620. The molecule has 0 aliphatic heterocycles. The van der Waals surface area contributed by atoms with Crippen molar-refractivity contribution < 1.29 is 24.9 Å². The number of allylic oxidation sites excluding steroid dienone is 3. The van der Waals surface area contributed by atoms with Crippen LogP contribution in [0.2, 0.25) is 0 Å². The van der Waals surface area contributed by atoms with Gasteiger partial charge in [0, 0.05) is 5.92 Å². The van der Waals surface area contributed by atoms with Crippen molar-refractivity contribution in [2.75, 3.05) is 6.61 Å². The second kappa shape index (κ2) is 17.1. The highest BCUT2D eigenvalue weighted by molar-refractivity contribution is 5.69. The molecule has 0 aromatic carbocycles. The molecule has 5 nitrogen and oxygen atoms in total. The molecule has 1 aliphatic carbocycles. The average Bonchev–Trinajstić information content (AvgIpc) is 2.82. The summed E-state index contributed by atoms with van der Waals surface area (Å²) in [6, 6.07) is 0. The fourth-order valence-electron chi connectivity index (χ4n) is 4.91. The first-order chi connectivity index (χ1) is 17.4. The lowest BCUT2D eigenvalue weighted by Crippen LogP contribution is -2.24. The van der Waals surface area contributed by atoms with Crippen LogP contribution in [0.5, 0.6) is 0 Å². The number of hydrogen-bond acceptors (Lipinski definition) is 4. The van der Waals surface area contributed by atoms with Gasteiger partial charge in [-0.15, -0.1) is 0 Å². The van der Waals surface area contributed by atoms with Gasteiger partial charge < -0.3 is 20.1 Å². The second-order valence-electron chi connectivity index (χ2n) is 11.9. The molecule has 0 saturated heterocycles. The molecule has 0 bridgehead atoms. The minimum atomic E-state index is -0.764. The predicted molar refractivity (Wildman–Crippen MR) is 153 cm³/mol. The molecule has 1 rings (SSSR count). The molecule has 37 heavy (non-hydrogen) atoms. The Morgan fingerprint density at radius 3 is 2.51 bits per heavy atom. The molecule has 0 aromatic rings. The predicted octanol–water partition coefficient (Wildman–Crippen LogP) is 7.97. The van der Waals surface area contributed by atoms with Gasteiger partial charge in [-0.25, -0.2) is 0 Å². The summed E-state index contributed by atoms with van der Waals surface area (Å²) in [6.45, 7) is 15.2. The van der Waals surface area contributed by atoms with Gasteiger partial charge in [0.25, 0.3) is 0 Å². The van der Waals surface area contributed by atoms with E-state index in [1.807, 2.05) is 13.0 Å². The minimum absolute atomic E-state index is 0.108. The summed E-state index contributed by atoms with van der Waals surface area (Å²) in [5.41, 5.74) is 2.98. The first-order valence-electron chi connectivity index (χ1n) is 14.7. The highest BCUT2D eigenvalue weighted by Crippen LogP contribution is 2.34. The number of aliphatic hydroxyl groups is 2. The Labute approximate surface area is 227 Å². The molecule has 5 unspecified atom stereocenters. The van der Waals surface area contributed by atoms with Crippen molar-refractivity contribution in [2.24, 2.45) is 17.8 Å². The zero-order valence-corrected chi connectivity index (χ0v) is 24.8. The van der Waals surface area contributed by atoms with E-state index in [0.29, 0.717) is 25.2 Å². The number of carbonyl (C=O) groups is 1. The summed E-state index contributed by atoms with van der Waals surface area (Å²) in [7, 11) is 0. The Bertz CT molecular complexity index is 776. The topological polar surface area (TPSA) is 87.0 Å². The summed E-state index contributed by atoms with van der Waals surface area (Å²) in [5, 5.41) is 30.1. The lowest BCUT2D eigenvalue weighted by atomic mass is 9.84. The fourth-order valence-corrected chi connectivity index (χ4v) is 4.91. The Morgan fingerprint density at radius 2 is 1.86 bits per heavy atom. The normalized spacial score (nSPS) is 21.9. The van der Waals surface area contributed by atoms with Crippen LogP contribution in [0.3, 0.4) is 0 Å². The molecule has 5 heteroatoms. The minimum Gasteiger partial charge on any atom is -0.493 e. The van der Waals surface area contributed by atoms with Crippen LogP contribution in [0.1, 0.15) is 126 Å². The Balaban J connectivity index is 2.39. The molecule has 3 N–H and O–H groups in total. The zero-order chi connectivity index (χ0) is 28.0. The van der Waals surface area contributed by atoms with Crippen molar-refractivity contribution >= 4 is 5.97 Å². The third kappa shape index (κ3) is 13.2. The Hall–Kier alpha value is -1.59. The SMILES string of the molecule is CCCCOC1=C(C)C(C)C(O)C=C1CCC(C)CCCC(C)=CCCC(C)(O)CCCC(C)C(=O)O. The van der Waals surface area contributed by atoms with Crippen molar-refractivity contribution in [2.45, 2.75) is 137 Å². The van der Waals surface area contributed by atoms with Crippen LogP contribution in [0.4, 0.5) is 0 Å². The average molecular weight is 521 g/mol. The molecular weight excluding hydrogens is 464 g/mol. The number of unbranched alkanes of at least 4 members (excludes halogenated alkanes) is 1. The van der Waals surface area contributed by atoms with Crippen LogP contribution in [0, 0.1) is 17.8 Å². The van der Waals surface area contributed by atoms with Crippen LogP contribution in [0.15, 0.2) is 34.6 Å². The quantitative estimate of drug-likeness (QED) is 0.119. The van der Waals surface area contributed by atoms with Crippen molar-refractivity contribution in [1.82, 2.24) is 0 Å². The summed E-state index contributed by atoms with van der Waals surface area (Å²) < 4.78 is 6.17. The van der Waals surface area contributed by atoms with Gasteiger partial charge in [-0.1, -0.05) is 52.2 Å². The van der Waals surface area contributed by atoms with E-state index >= 15 is 0 Å². The van der Waals surface area contributed by atoms with Crippen molar-refractivity contribution in [3.8, 4) is 0 Å². The molecule has 0 radical (unpaired) electrons. The van der Waals surface area contributed by atoms with E-state index < -0.39 is 17.7 Å². The third-order valence-corrected chi connectivity index (χ3v) is 8.09. The number of aliphatic hydroxyl groups excluding tert-OH is 1. The summed E-state index contributed by atoms with van der Waals surface area (Å²) in [4.78, 5) is 10.9. The number of aliphatic carboxylic acids is 1. The Morgan fingerprint density at radius 1 is 1.16 bits per heavy atom. The number of ether oxygens (including phenoxy) is 1. The summed E-state index contributed by atoms with van der Waals surface area (Å²) >= 11 is 0. The standard InChI is InChI=1S/C32H56O5/c1-8-9-21-37-30-27(6)26(5)29(33)22-28(30)18-17-24(3)14-10-13-23(2)15-11-19-32(7,36)20-12-16-25(4)31(34)35/h15,22,24-26,29,33,36H,8-14,16-21H2,1-7H3,(H,34,35). The van der Waals surface area contributed by atoms with Gasteiger partial charge in [-0.2, -0.15) is 0 Å². The van der Waals surface area contributed by atoms with Crippen molar-refractivity contribution in [3.05, 3.63) is 34.6 Å². The maximum atomic E-state index is 10.9. The lowest BCUT2D eigenvalue weighted by Gasteiger charge is -2.29. The molecule has 214 valence electrons. The van der Waals surface area contributed by atoms with Crippen LogP contribution in [-0.4, -0.2) is 39.6 Å². The largest absolute Gasteiger partial charge is 0.493 e. The maximum absolute atomic E-state index is 10.9. The molecule has 0 aromatic heterocycles. The van der Waals surface area contributed by atoms with Gasteiger partial charge in [-0.3, -0.25) is 4.79 Å². The highest BCUT2D eigenvalue weighted by atomic mass is 16.5. The van der Waals surface area contributed by atoms with Gasteiger partial charge >= 0.3 is 5.97 Å².